The lowest BCUT2D eigenvalue weighted by atomic mass is 9.70. The Bertz CT molecular complexity index is 632. The third-order valence-electron chi connectivity index (χ3n) is 5.45. The molecule has 2 unspecified atom stereocenters. The van der Waals surface area contributed by atoms with Crippen molar-refractivity contribution in [1.29, 1.82) is 0 Å². The van der Waals surface area contributed by atoms with Crippen molar-refractivity contribution in [3.63, 3.8) is 0 Å². The van der Waals surface area contributed by atoms with Crippen molar-refractivity contribution in [3.05, 3.63) is 23.8 Å². The first kappa shape index (κ1) is 23.5. The van der Waals surface area contributed by atoms with Gasteiger partial charge in [0.1, 0.15) is 0 Å². The molecule has 1 aliphatic heterocycles. The maximum absolute atomic E-state index is 11.2. The molecule has 6 heteroatoms. The van der Waals surface area contributed by atoms with Crippen molar-refractivity contribution < 1.29 is 19.0 Å². The van der Waals surface area contributed by atoms with Crippen LogP contribution in [-0.4, -0.2) is 45.5 Å². The lowest BCUT2D eigenvalue weighted by Crippen LogP contribution is -2.35. The van der Waals surface area contributed by atoms with E-state index in [-0.39, 0.29) is 5.97 Å². The molecule has 1 saturated carbocycles. The number of aryl methyl sites for hydroxylation is 1. The second kappa shape index (κ2) is 11.4. The molecule has 0 radical (unpaired) electrons. The van der Waals surface area contributed by atoms with Crippen molar-refractivity contribution >= 4 is 17.3 Å². The second-order valence-corrected chi connectivity index (χ2v) is 8.98. The highest BCUT2D eigenvalue weighted by atomic mass is 16.6. The van der Waals surface area contributed by atoms with Crippen LogP contribution in [0.3, 0.4) is 0 Å². The summed E-state index contributed by atoms with van der Waals surface area (Å²) in [6.07, 6.45) is 4.68. The highest BCUT2D eigenvalue weighted by Crippen LogP contribution is 2.40. The van der Waals surface area contributed by atoms with Gasteiger partial charge in [-0.2, -0.15) is 0 Å². The van der Waals surface area contributed by atoms with Crippen LogP contribution in [0.2, 0.25) is 0 Å². The van der Waals surface area contributed by atoms with Crippen LogP contribution in [0.5, 0.6) is 0 Å². The smallest absolute Gasteiger partial charge is 0.305 e. The summed E-state index contributed by atoms with van der Waals surface area (Å²) >= 11 is 0. The van der Waals surface area contributed by atoms with E-state index in [0.717, 1.165) is 49.3 Å². The molecule has 1 aromatic rings. The predicted molar refractivity (Wildman–Crippen MR) is 117 cm³/mol. The Labute approximate surface area is 175 Å². The van der Waals surface area contributed by atoms with Gasteiger partial charge in [0.15, 0.2) is 0 Å². The Balaban J connectivity index is 0.000000426. The molecule has 2 aliphatic rings. The largest absolute Gasteiger partial charge is 0.469 e. The molecule has 0 spiro atoms. The lowest BCUT2D eigenvalue weighted by molar-refractivity contribution is -0.140. The third kappa shape index (κ3) is 8.62. The Morgan fingerprint density at radius 3 is 2.38 bits per heavy atom. The summed E-state index contributed by atoms with van der Waals surface area (Å²) < 4.78 is 14.6. The molecule has 3 N–H and O–H groups in total. The summed E-state index contributed by atoms with van der Waals surface area (Å²) in [7, 11) is 1.41. The molecule has 3 rings (SSSR count). The SMILES string of the molecule is C1COCCO1.COC(=O)CCc1ccc(NC2CC(C)CC(C)(C)C2)c(N)c1. The maximum Gasteiger partial charge on any atom is 0.305 e. The van der Waals surface area contributed by atoms with Gasteiger partial charge in [0, 0.05) is 12.5 Å². The van der Waals surface area contributed by atoms with E-state index < -0.39 is 0 Å². The van der Waals surface area contributed by atoms with Gasteiger partial charge in [0.2, 0.25) is 0 Å². The van der Waals surface area contributed by atoms with Gasteiger partial charge in [-0.25, -0.2) is 0 Å². The molecule has 164 valence electrons. The summed E-state index contributed by atoms with van der Waals surface area (Å²) in [5.41, 5.74) is 9.40. The van der Waals surface area contributed by atoms with Crippen molar-refractivity contribution in [3.8, 4) is 0 Å². The lowest BCUT2D eigenvalue weighted by Gasteiger charge is -2.39. The van der Waals surface area contributed by atoms with E-state index in [2.05, 4.69) is 30.8 Å². The summed E-state index contributed by atoms with van der Waals surface area (Å²) in [4.78, 5) is 11.2. The molecule has 6 nitrogen and oxygen atoms in total. The van der Waals surface area contributed by atoms with E-state index in [1.165, 1.54) is 26.4 Å². The van der Waals surface area contributed by atoms with Crippen LogP contribution in [0.25, 0.3) is 0 Å². The fraction of sp³-hybridized carbons (Fsp3) is 0.696. The standard InChI is InChI=1S/C19H30N2O2.C4H8O2/c1-13-9-15(12-19(2,3)11-13)21-17-7-5-14(10-16(17)20)6-8-18(22)23-4;1-2-6-4-3-5-1/h5,7,10,13,15,21H,6,8-9,11-12,20H2,1-4H3;1-4H2. The molecular formula is C23H38N2O4. The van der Waals surface area contributed by atoms with Crippen LogP contribution < -0.4 is 11.1 Å². The van der Waals surface area contributed by atoms with Gasteiger partial charge in [0.05, 0.1) is 44.9 Å². The highest BCUT2D eigenvalue weighted by Gasteiger charge is 2.32. The average Bonchev–Trinajstić information content (AvgIpc) is 2.68. The number of esters is 1. The first-order valence-electron chi connectivity index (χ1n) is 10.7. The molecule has 1 heterocycles. The normalized spacial score (nSPS) is 23.4. The Morgan fingerprint density at radius 1 is 1.21 bits per heavy atom. The number of hydrogen-bond acceptors (Lipinski definition) is 6. The highest BCUT2D eigenvalue weighted by molar-refractivity contribution is 5.70. The summed E-state index contributed by atoms with van der Waals surface area (Å²) in [5.74, 6) is 0.543. The van der Waals surface area contributed by atoms with Crippen molar-refractivity contribution in [2.75, 3.05) is 44.6 Å². The number of hydrogen-bond donors (Lipinski definition) is 2. The zero-order valence-corrected chi connectivity index (χ0v) is 18.5. The number of rotatable bonds is 5. The minimum atomic E-state index is -0.191. The number of ether oxygens (including phenoxy) is 3. The minimum Gasteiger partial charge on any atom is -0.469 e. The fourth-order valence-electron chi connectivity index (χ4n) is 4.36. The number of carbonyl (C=O) groups excluding carboxylic acids is 1. The van der Waals surface area contributed by atoms with E-state index in [0.29, 0.717) is 24.3 Å². The van der Waals surface area contributed by atoms with Gasteiger partial charge in [-0.15, -0.1) is 0 Å². The number of nitrogens with one attached hydrogen (secondary N) is 1. The Kier molecular flexibility index (Phi) is 9.24. The molecule has 0 aromatic heterocycles. The summed E-state index contributed by atoms with van der Waals surface area (Å²) in [6.45, 7) is 10.1. The van der Waals surface area contributed by atoms with E-state index in [9.17, 15) is 4.79 Å². The van der Waals surface area contributed by atoms with Crippen molar-refractivity contribution in [2.24, 2.45) is 11.3 Å². The number of nitrogen functional groups attached to an aromatic ring is 1. The van der Waals surface area contributed by atoms with E-state index in [1.54, 1.807) is 0 Å². The van der Waals surface area contributed by atoms with E-state index in [4.69, 9.17) is 15.2 Å². The van der Waals surface area contributed by atoms with Crippen molar-refractivity contribution in [2.45, 2.75) is 58.9 Å². The summed E-state index contributed by atoms with van der Waals surface area (Å²) in [5, 5.41) is 3.62. The third-order valence-corrected chi connectivity index (χ3v) is 5.45. The van der Waals surface area contributed by atoms with E-state index >= 15 is 0 Å². The van der Waals surface area contributed by atoms with Crippen LogP contribution in [0.4, 0.5) is 11.4 Å². The molecular weight excluding hydrogens is 368 g/mol. The van der Waals surface area contributed by atoms with Crippen LogP contribution in [-0.2, 0) is 25.4 Å². The maximum atomic E-state index is 11.2. The van der Waals surface area contributed by atoms with Crippen LogP contribution in [0.1, 0.15) is 52.0 Å². The molecule has 0 amide bonds. The molecule has 1 saturated heterocycles. The number of carbonyl (C=O) groups is 1. The number of nitrogens with two attached hydrogens (primary N) is 1. The minimum absolute atomic E-state index is 0.191. The molecule has 1 aliphatic carbocycles. The zero-order valence-electron chi connectivity index (χ0n) is 18.5. The fourth-order valence-corrected chi connectivity index (χ4v) is 4.36. The summed E-state index contributed by atoms with van der Waals surface area (Å²) in [6, 6.07) is 6.51. The van der Waals surface area contributed by atoms with Gasteiger partial charge >= 0.3 is 5.97 Å². The first-order chi connectivity index (χ1) is 13.8. The average molecular weight is 407 g/mol. The van der Waals surface area contributed by atoms with Gasteiger partial charge < -0.3 is 25.3 Å². The number of methoxy groups -OCH3 is 1. The Morgan fingerprint density at radius 2 is 1.86 bits per heavy atom. The monoisotopic (exact) mass is 406 g/mol. The first-order valence-corrected chi connectivity index (χ1v) is 10.7. The van der Waals surface area contributed by atoms with Crippen LogP contribution >= 0.6 is 0 Å². The van der Waals surface area contributed by atoms with Gasteiger partial charge in [0.25, 0.3) is 0 Å². The molecule has 2 fully saturated rings. The zero-order chi connectivity index (χ0) is 21.3. The quantitative estimate of drug-likeness (QED) is 0.567. The van der Waals surface area contributed by atoms with Crippen LogP contribution in [0.15, 0.2) is 18.2 Å². The number of benzene rings is 1. The molecule has 0 bridgehead atoms. The molecule has 29 heavy (non-hydrogen) atoms. The molecule has 2 atom stereocenters. The van der Waals surface area contributed by atoms with Crippen molar-refractivity contribution in [1.82, 2.24) is 0 Å². The van der Waals surface area contributed by atoms with Crippen LogP contribution in [0, 0.1) is 11.3 Å². The van der Waals surface area contributed by atoms with Gasteiger partial charge in [-0.05, 0) is 54.7 Å². The second-order valence-electron chi connectivity index (χ2n) is 8.98. The topological polar surface area (TPSA) is 82.8 Å². The van der Waals surface area contributed by atoms with Gasteiger partial charge in [-0.1, -0.05) is 26.8 Å². The Hall–Kier alpha value is -1.79. The predicted octanol–water partition coefficient (Wildman–Crippen LogP) is 4.03. The number of anilines is 2. The van der Waals surface area contributed by atoms with E-state index in [1.807, 2.05) is 18.2 Å². The molecule has 1 aromatic carbocycles. The van der Waals surface area contributed by atoms with Gasteiger partial charge in [-0.3, -0.25) is 4.79 Å².